The second kappa shape index (κ2) is 14.4. The minimum Gasteiger partial charge on any atom is -0.488 e. The third kappa shape index (κ3) is 7.49. The van der Waals surface area contributed by atoms with Gasteiger partial charge in [-0.25, -0.2) is 9.48 Å². The minimum absolute atomic E-state index is 0.114. The number of nitrogens with zero attached hydrogens (tertiary/aromatic N) is 3. The van der Waals surface area contributed by atoms with Gasteiger partial charge in [-0.2, -0.15) is 4.98 Å². The second-order valence-corrected chi connectivity index (χ2v) is 14.1. The predicted octanol–water partition coefficient (Wildman–Crippen LogP) is 10.0. The van der Waals surface area contributed by atoms with Crippen molar-refractivity contribution >= 4 is 74.4 Å². The molecule has 0 bridgehead atoms. The Hall–Kier alpha value is -2.69. The van der Waals surface area contributed by atoms with Crippen LogP contribution in [0.2, 0.25) is 15.1 Å². The molecule has 4 aromatic rings. The van der Waals surface area contributed by atoms with E-state index in [0.29, 0.717) is 48.9 Å². The van der Waals surface area contributed by atoms with Crippen molar-refractivity contribution in [1.29, 1.82) is 0 Å². The van der Waals surface area contributed by atoms with E-state index < -0.39 is 6.04 Å². The molecule has 0 radical (unpaired) electrons. The minimum atomic E-state index is -0.673. The zero-order valence-corrected chi connectivity index (χ0v) is 29.0. The van der Waals surface area contributed by atoms with Crippen LogP contribution in [0.5, 0.6) is 5.75 Å². The fourth-order valence-electron chi connectivity index (χ4n) is 5.56. The van der Waals surface area contributed by atoms with Gasteiger partial charge in [0.2, 0.25) is 11.1 Å². The van der Waals surface area contributed by atoms with Crippen molar-refractivity contribution in [3.8, 4) is 5.75 Å². The van der Waals surface area contributed by atoms with Gasteiger partial charge in [-0.3, -0.25) is 0 Å². The first-order chi connectivity index (χ1) is 21.8. The summed E-state index contributed by atoms with van der Waals surface area (Å²) in [6, 6.07) is 18.0. The Morgan fingerprint density at radius 1 is 1.02 bits per heavy atom. The number of allylic oxidation sites excluding steroid dienone is 1. The average molecular weight is 749 g/mol. The Balaban J connectivity index is 1.37. The number of aromatic nitrogens is 3. The van der Waals surface area contributed by atoms with Gasteiger partial charge in [-0.15, -0.1) is 5.10 Å². The fourth-order valence-corrected chi connectivity index (χ4v) is 7.52. The monoisotopic (exact) mass is 746 g/mol. The van der Waals surface area contributed by atoms with Gasteiger partial charge >= 0.3 is 5.97 Å². The smallest absolute Gasteiger partial charge is 0.338 e. The molecule has 0 spiro atoms. The van der Waals surface area contributed by atoms with Gasteiger partial charge in [-0.05, 0) is 74.6 Å². The lowest BCUT2D eigenvalue weighted by molar-refractivity contribution is -0.146. The number of ether oxygens (including phenoxy) is 2. The van der Waals surface area contributed by atoms with Crippen LogP contribution in [0.4, 0.5) is 5.95 Å². The van der Waals surface area contributed by atoms with E-state index in [1.165, 1.54) is 11.8 Å². The largest absolute Gasteiger partial charge is 0.488 e. The van der Waals surface area contributed by atoms with E-state index >= 15 is 0 Å². The number of fused-ring (bicyclic) bond motifs is 1. The first-order valence-electron chi connectivity index (χ1n) is 14.6. The van der Waals surface area contributed by atoms with E-state index in [2.05, 4.69) is 21.2 Å². The number of hydrogen-bond donors (Lipinski definition) is 1. The Morgan fingerprint density at radius 3 is 2.60 bits per heavy atom. The summed E-state index contributed by atoms with van der Waals surface area (Å²) in [4.78, 5) is 18.8. The van der Waals surface area contributed by atoms with Gasteiger partial charge in [0.25, 0.3) is 0 Å². The Bertz CT molecular complexity index is 1760. The summed E-state index contributed by atoms with van der Waals surface area (Å²) in [6.07, 6.45) is 4.87. The molecule has 1 N–H and O–H groups in total. The highest BCUT2D eigenvalue weighted by molar-refractivity contribution is 9.10. The molecule has 1 unspecified atom stereocenters. The van der Waals surface area contributed by atoms with Crippen molar-refractivity contribution in [2.75, 3.05) is 5.32 Å². The van der Waals surface area contributed by atoms with Gasteiger partial charge < -0.3 is 14.8 Å². The summed E-state index contributed by atoms with van der Waals surface area (Å²) in [5.41, 5.74) is 3.59. The molecule has 1 aromatic heterocycles. The molecule has 2 aliphatic rings. The van der Waals surface area contributed by atoms with Crippen LogP contribution in [0.15, 0.2) is 81.6 Å². The summed E-state index contributed by atoms with van der Waals surface area (Å²) < 4.78 is 15.1. The first kappa shape index (κ1) is 32.3. The van der Waals surface area contributed by atoms with Crippen molar-refractivity contribution < 1.29 is 14.3 Å². The second-order valence-electron chi connectivity index (χ2n) is 11.0. The van der Waals surface area contributed by atoms with E-state index in [4.69, 9.17) is 54.4 Å². The lowest BCUT2D eigenvalue weighted by Gasteiger charge is -2.31. The SMILES string of the molecule is CC1=C(C(=O)OC2CCCCC2)C(c2cc(Br)ccc2OCc2ccc(Cl)cc2Cl)n2nc(SCc3ccccc3Cl)nc2N1. The summed E-state index contributed by atoms with van der Waals surface area (Å²) in [5, 5.41) is 10.5. The Labute approximate surface area is 289 Å². The molecule has 1 fully saturated rings. The Kier molecular flexibility index (Phi) is 10.3. The van der Waals surface area contributed by atoms with Gasteiger partial charge in [0.05, 0.1) is 5.57 Å². The highest BCUT2D eigenvalue weighted by Crippen LogP contribution is 2.42. The maximum atomic E-state index is 14.0. The average Bonchev–Trinajstić information content (AvgIpc) is 3.43. The number of rotatable bonds is 9. The van der Waals surface area contributed by atoms with Crippen LogP contribution in [0.3, 0.4) is 0 Å². The summed E-state index contributed by atoms with van der Waals surface area (Å²) in [5.74, 6) is 1.29. The molecule has 3 aromatic carbocycles. The number of benzene rings is 3. The normalized spacial score (nSPS) is 16.7. The molecule has 1 aliphatic carbocycles. The molecular formula is C33H30BrCl3N4O3S. The van der Waals surface area contributed by atoms with Crippen molar-refractivity contribution in [2.24, 2.45) is 0 Å². The summed E-state index contributed by atoms with van der Waals surface area (Å²) >= 11 is 24.1. The molecule has 7 nitrogen and oxygen atoms in total. The van der Waals surface area contributed by atoms with Crippen molar-refractivity contribution in [1.82, 2.24) is 14.8 Å². The third-order valence-corrected chi connectivity index (χ3v) is 10.2. The van der Waals surface area contributed by atoms with Crippen LogP contribution in [0.1, 0.15) is 61.8 Å². The summed E-state index contributed by atoms with van der Waals surface area (Å²) in [6.45, 7) is 2.06. The van der Waals surface area contributed by atoms with Gasteiger partial charge in [0.1, 0.15) is 24.5 Å². The fraction of sp³-hybridized carbons (Fsp3) is 0.303. The van der Waals surface area contributed by atoms with E-state index in [0.717, 1.165) is 53.3 Å². The van der Waals surface area contributed by atoms with Crippen molar-refractivity contribution in [2.45, 2.75) is 68.7 Å². The predicted molar refractivity (Wildman–Crippen MR) is 183 cm³/mol. The number of nitrogens with one attached hydrogen (secondary N) is 1. The third-order valence-electron chi connectivity index (χ3n) is 7.86. The van der Waals surface area contributed by atoms with Crippen LogP contribution in [-0.4, -0.2) is 26.8 Å². The quantitative estimate of drug-likeness (QED) is 0.135. The number of thioether (sulfide) groups is 1. The molecular weight excluding hydrogens is 719 g/mol. The number of halogens is 4. The number of anilines is 1. The molecule has 1 atom stereocenters. The van der Waals surface area contributed by atoms with Crippen molar-refractivity contribution in [3.63, 3.8) is 0 Å². The van der Waals surface area contributed by atoms with Crippen LogP contribution < -0.4 is 10.1 Å². The molecule has 6 rings (SSSR count). The molecule has 234 valence electrons. The molecule has 1 aliphatic heterocycles. The van der Waals surface area contributed by atoms with E-state index in [-0.39, 0.29) is 18.7 Å². The molecule has 45 heavy (non-hydrogen) atoms. The van der Waals surface area contributed by atoms with Gasteiger partial charge in [0.15, 0.2) is 0 Å². The summed E-state index contributed by atoms with van der Waals surface area (Å²) in [7, 11) is 0. The molecule has 12 heteroatoms. The molecule has 2 heterocycles. The zero-order valence-electron chi connectivity index (χ0n) is 24.4. The molecule has 0 amide bonds. The zero-order chi connectivity index (χ0) is 31.5. The maximum absolute atomic E-state index is 14.0. The number of carbonyl (C=O) groups excluding carboxylic acids is 1. The highest BCUT2D eigenvalue weighted by atomic mass is 79.9. The van der Waals surface area contributed by atoms with Gasteiger partial charge in [-0.1, -0.05) is 93.2 Å². The standard InChI is InChI=1S/C33H30BrCl3N4O3S/c1-19-29(31(42)44-24-8-3-2-4-9-24)30(41-32(38-19)39-33(40-41)45-18-21-7-5-6-10-26(21)36)25-15-22(34)12-14-28(25)43-17-20-11-13-23(35)16-27(20)37/h5-7,10-16,24,30H,2-4,8-9,17-18H2,1H3,(H,38,39,40). The highest BCUT2D eigenvalue weighted by Gasteiger charge is 2.38. The maximum Gasteiger partial charge on any atom is 0.338 e. The van der Waals surface area contributed by atoms with E-state index in [1.54, 1.807) is 16.8 Å². The number of carbonyl (C=O) groups is 1. The van der Waals surface area contributed by atoms with E-state index in [9.17, 15) is 4.79 Å². The molecule has 0 saturated heterocycles. The van der Waals surface area contributed by atoms with Crippen LogP contribution >= 0.6 is 62.5 Å². The number of esters is 1. The van der Waals surface area contributed by atoms with Crippen LogP contribution in [-0.2, 0) is 21.9 Å². The molecule has 1 saturated carbocycles. The van der Waals surface area contributed by atoms with Crippen LogP contribution in [0.25, 0.3) is 0 Å². The lowest BCUT2D eigenvalue weighted by atomic mass is 9.94. The van der Waals surface area contributed by atoms with Gasteiger partial charge in [0, 0.05) is 42.1 Å². The van der Waals surface area contributed by atoms with Crippen LogP contribution in [0, 0.1) is 0 Å². The Morgan fingerprint density at radius 2 is 1.82 bits per heavy atom. The topological polar surface area (TPSA) is 78.3 Å². The van der Waals surface area contributed by atoms with Crippen molar-refractivity contribution in [3.05, 3.63) is 108 Å². The van der Waals surface area contributed by atoms with E-state index in [1.807, 2.05) is 55.5 Å². The lowest BCUT2D eigenvalue weighted by Crippen LogP contribution is -2.32. The number of hydrogen-bond acceptors (Lipinski definition) is 7. The first-order valence-corrected chi connectivity index (χ1v) is 17.6.